The van der Waals surface area contributed by atoms with E-state index in [1.807, 2.05) is 26.8 Å². The number of carbonyl (C=O) groups is 2. The van der Waals surface area contributed by atoms with Crippen molar-refractivity contribution in [1.29, 1.82) is 0 Å². The molecule has 0 heterocycles. The van der Waals surface area contributed by atoms with Crippen molar-refractivity contribution in [2.45, 2.75) is 33.6 Å². The van der Waals surface area contributed by atoms with Crippen molar-refractivity contribution in [3.63, 3.8) is 0 Å². The maximum absolute atomic E-state index is 12.0. The van der Waals surface area contributed by atoms with E-state index in [0.29, 0.717) is 42.8 Å². The van der Waals surface area contributed by atoms with E-state index in [4.69, 9.17) is 14.2 Å². The molecule has 2 amide bonds. The summed E-state index contributed by atoms with van der Waals surface area (Å²) in [5.41, 5.74) is 3.66. The Kier molecular flexibility index (Phi) is 9.87. The van der Waals surface area contributed by atoms with Crippen molar-refractivity contribution in [1.82, 2.24) is 5.43 Å². The second kappa shape index (κ2) is 12.9. The maximum atomic E-state index is 12.0. The Balaban J connectivity index is 1.85. The molecular weight excluding hydrogens is 398 g/mol. The van der Waals surface area contributed by atoms with E-state index in [9.17, 15) is 9.59 Å². The lowest BCUT2D eigenvalue weighted by atomic mass is 10.2. The fourth-order valence-corrected chi connectivity index (χ4v) is 2.58. The number of anilines is 1. The highest BCUT2D eigenvalue weighted by Gasteiger charge is 2.09. The standard InChI is InChI=1S/C23H29N3O5/c1-4-13-31-20-12-7-17(14-21(20)30-6-3)16-24-26-23(28)15-22(27)25-18-8-10-19(11-9-18)29-5-2/h7-12,14,16H,4-6,13,15H2,1-3H3,(H,25,27)(H,26,28). The Hall–Kier alpha value is -3.55. The van der Waals surface area contributed by atoms with Crippen molar-refractivity contribution in [3.8, 4) is 17.2 Å². The Morgan fingerprint density at radius 3 is 2.32 bits per heavy atom. The molecule has 0 atom stereocenters. The van der Waals surface area contributed by atoms with E-state index < -0.39 is 11.8 Å². The summed E-state index contributed by atoms with van der Waals surface area (Å²) < 4.78 is 16.6. The number of hydrogen-bond donors (Lipinski definition) is 2. The van der Waals surface area contributed by atoms with Crippen LogP contribution in [0.1, 0.15) is 39.2 Å². The summed E-state index contributed by atoms with van der Waals surface area (Å²) in [4.78, 5) is 24.0. The van der Waals surface area contributed by atoms with Crippen LogP contribution in [0, 0.1) is 0 Å². The number of hydrazone groups is 1. The minimum absolute atomic E-state index is 0.349. The van der Waals surface area contributed by atoms with Crippen LogP contribution >= 0.6 is 0 Å². The van der Waals surface area contributed by atoms with Gasteiger partial charge >= 0.3 is 0 Å². The van der Waals surface area contributed by atoms with Crippen molar-refractivity contribution in [2.24, 2.45) is 5.10 Å². The van der Waals surface area contributed by atoms with Crippen LogP contribution in [0.25, 0.3) is 0 Å². The minimum atomic E-state index is -0.521. The van der Waals surface area contributed by atoms with Gasteiger partial charge in [0.2, 0.25) is 11.8 Å². The molecule has 0 aliphatic heterocycles. The van der Waals surface area contributed by atoms with Crippen LogP contribution in [-0.4, -0.2) is 37.8 Å². The molecule has 2 rings (SSSR count). The summed E-state index contributed by atoms with van der Waals surface area (Å²) in [7, 11) is 0. The topological polar surface area (TPSA) is 98.2 Å². The van der Waals surface area contributed by atoms with E-state index in [1.54, 1.807) is 36.4 Å². The number of ether oxygens (including phenoxy) is 3. The summed E-state index contributed by atoms with van der Waals surface area (Å²) in [5, 5.41) is 6.57. The summed E-state index contributed by atoms with van der Waals surface area (Å²) in [6.07, 6.45) is 2.03. The van der Waals surface area contributed by atoms with Gasteiger partial charge in [-0.1, -0.05) is 6.92 Å². The molecule has 0 bridgehead atoms. The Bertz CT molecular complexity index is 881. The third-order valence-electron chi connectivity index (χ3n) is 3.90. The Labute approximate surface area is 182 Å². The van der Waals surface area contributed by atoms with Gasteiger partial charge in [0.05, 0.1) is 26.0 Å². The van der Waals surface area contributed by atoms with Gasteiger partial charge in [0.15, 0.2) is 11.5 Å². The van der Waals surface area contributed by atoms with E-state index >= 15 is 0 Å². The Morgan fingerprint density at radius 2 is 1.65 bits per heavy atom. The van der Waals surface area contributed by atoms with E-state index in [2.05, 4.69) is 15.8 Å². The molecule has 0 saturated carbocycles. The number of hydrogen-bond acceptors (Lipinski definition) is 6. The summed E-state index contributed by atoms with van der Waals surface area (Å²) in [6, 6.07) is 12.3. The minimum Gasteiger partial charge on any atom is -0.494 e. The SMILES string of the molecule is CCCOc1ccc(C=NNC(=O)CC(=O)Nc2ccc(OCC)cc2)cc1OCC. The van der Waals surface area contributed by atoms with Crippen molar-refractivity contribution in [3.05, 3.63) is 48.0 Å². The zero-order chi connectivity index (χ0) is 22.5. The molecule has 8 nitrogen and oxygen atoms in total. The summed E-state index contributed by atoms with van der Waals surface area (Å²) in [5.74, 6) is 1.03. The van der Waals surface area contributed by atoms with Gasteiger partial charge in [-0.3, -0.25) is 9.59 Å². The quantitative estimate of drug-likeness (QED) is 0.305. The van der Waals surface area contributed by atoms with Gasteiger partial charge in [-0.2, -0.15) is 5.10 Å². The Morgan fingerprint density at radius 1 is 0.903 bits per heavy atom. The first-order chi connectivity index (χ1) is 15.0. The number of rotatable bonds is 12. The lowest BCUT2D eigenvalue weighted by molar-refractivity contribution is -0.126. The van der Waals surface area contributed by atoms with Crippen LogP contribution in [0.15, 0.2) is 47.6 Å². The molecule has 0 aliphatic rings. The van der Waals surface area contributed by atoms with Gasteiger partial charge < -0.3 is 19.5 Å². The van der Waals surface area contributed by atoms with Crippen LogP contribution in [0.4, 0.5) is 5.69 Å². The third-order valence-corrected chi connectivity index (χ3v) is 3.90. The number of amides is 2. The molecule has 166 valence electrons. The largest absolute Gasteiger partial charge is 0.494 e. The van der Waals surface area contributed by atoms with Crippen molar-refractivity contribution in [2.75, 3.05) is 25.1 Å². The van der Waals surface area contributed by atoms with E-state index in [1.165, 1.54) is 6.21 Å². The second-order valence-corrected chi connectivity index (χ2v) is 6.46. The molecule has 0 aliphatic carbocycles. The second-order valence-electron chi connectivity index (χ2n) is 6.46. The van der Waals surface area contributed by atoms with Crippen LogP contribution in [0.5, 0.6) is 17.2 Å². The predicted molar refractivity (Wildman–Crippen MR) is 120 cm³/mol. The highest BCUT2D eigenvalue weighted by atomic mass is 16.5. The fraction of sp³-hybridized carbons (Fsp3) is 0.348. The van der Waals surface area contributed by atoms with Crippen molar-refractivity contribution >= 4 is 23.7 Å². The van der Waals surface area contributed by atoms with Gasteiger partial charge in [-0.25, -0.2) is 5.43 Å². The first kappa shape index (κ1) is 23.7. The molecule has 2 N–H and O–H groups in total. The molecule has 0 unspecified atom stereocenters. The van der Waals surface area contributed by atoms with Gasteiger partial charge in [0, 0.05) is 5.69 Å². The monoisotopic (exact) mass is 427 g/mol. The molecule has 8 heteroatoms. The van der Waals surface area contributed by atoms with Gasteiger partial charge in [0.25, 0.3) is 0 Å². The van der Waals surface area contributed by atoms with Gasteiger partial charge in [-0.05, 0) is 68.3 Å². The molecule has 2 aromatic carbocycles. The lowest BCUT2D eigenvalue weighted by Gasteiger charge is -2.11. The average molecular weight is 428 g/mol. The van der Waals surface area contributed by atoms with Gasteiger partial charge in [0.1, 0.15) is 12.2 Å². The van der Waals surface area contributed by atoms with E-state index in [0.717, 1.165) is 12.0 Å². The van der Waals surface area contributed by atoms with Crippen molar-refractivity contribution < 1.29 is 23.8 Å². The molecule has 2 aromatic rings. The highest BCUT2D eigenvalue weighted by molar-refractivity contribution is 6.03. The molecule has 0 aromatic heterocycles. The number of nitrogens with one attached hydrogen (secondary N) is 2. The molecule has 0 spiro atoms. The maximum Gasteiger partial charge on any atom is 0.249 e. The number of carbonyl (C=O) groups excluding carboxylic acids is 2. The fourth-order valence-electron chi connectivity index (χ4n) is 2.58. The zero-order valence-electron chi connectivity index (χ0n) is 18.1. The molecule has 0 saturated heterocycles. The normalized spacial score (nSPS) is 10.5. The molecular formula is C23H29N3O5. The van der Waals surface area contributed by atoms with Crippen LogP contribution in [-0.2, 0) is 9.59 Å². The number of nitrogens with zero attached hydrogens (tertiary/aromatic N) is 1. The first-order valence-corrected chi connectivity index (χ1v) is 10.3. The first-order valence-electron chi connectivity index (χ1n) is 10.3. The molecule has 0 fully saturated rings. The zero-order valence-corrected chi connectivity index (χ0v) is 18.1. The highest BCUT2D eigenvalue weighted by Crippen LogP contribution is 2.28. The predicted octanol–water partition coefficient (Wildman–Crippen LogP) is 3.75. The third kappa shape index (κ3) is 8.38. The van der Waals surface area contributed by atoms with E-state index in [-0.39, 0.29) is 6.42 Å². The molecule has 31 heavy (non-hydrogen) atoms. The average Bonchev–Trinajstić information content (AvgIpc) is 2.75. The van der Waals surface area contributed by atoms with Gasteiger partial charge in [-0.15, -0.1) is 0 Å². The van der Waals surface area contributed by atoms with Crippen LogP contribution in [0.2, 0.25) is 0 Å². The number of benzene rings is 2. The van der Waals surface area contributed by atoms with Crippen LogP contribution in [0.3, 0.4) is 0 Å². The summed E-state index contributed by atoms with van der Waals surface area (Å²) >= 11 is 0. The van der Waals surface area contributed by atoms with Crippen LogP contribution < -0.4 is 25.0 Å². The smallest absolute Gasteiger partial charge is 0.249 e. The lowest BCUT2D eigenvalue weighted by Crippen LogP contribution is -2.24. The summed E-state index contributed by atoms with van der Waals surface area (Å²) in [6.45, 7) is 7.48. The molecule has 0 radical (unpaired) electrons.